The molecule has 0 aliphatic rings. The minimum absolute atomic E-state index is 0.115. The van der Waals surface area contributed by atoms with E-state index < -0.39 is 0 Å². The molecule has 0 saturated carbocycles. The van der Waals surface area contributed by atoms with Crippen molar-refractivity contribution in [3.8, 4) is 5.75 Å². The normalized spacial score (nSPS) is 12.1. The maximum atomic E-state index is 11.5. The van der Waals surface area contributed by atoms with Crippen LogP contribution in [0.4, 0.5) is 0 Å². The highest BCUT2D eigenvalue weighted by Crippen LogP contribution is 2.27. The number of carbonyl (C=O) groups is 1. The Labute approximate surface area is 145 Å². The third-order valence-electron chi connectivity index (χ3n) is 3.87. The molecule has 0 heterocycles. The molecule has 0 saturated heterocycles. The lowest BCUT2D eigenvalue weighted by atomic mass is 9.94. The summed E-state index contributed by atoms with van der Waals surface area (Å²) in [7, 11) is 1.68. The van der Waals surface area contributed by atoms with Gasteiger partial charge < -0.3 is 10.1 Å². The highest BCUT2D eigenvalue weighted by atomic mass is 127. The van der Waals surface area contributed by atoms with E-state index in [0.717, 1.165) is 16.6 Å². The third-order valence-corrected chi connectivity index (χ3v) is 4.49. The van der Waals surface area contributed by atoms with E-state index in [1.165, 1.54) is 16.3 Å². The van der Waals surface area contributed by atoms with E-state index in [1.54, 1.807) is 7.11 Å². The summed E-state index contributed by atoms with van der Waals surface area (Å²) in [6, 6.07) is 12.6. The SMILES string of the molecule is CCC(=O)NCC(CCI)c1ccc2cc(OC)ccc2c1. The average Bonchev–Trinajstić information content (AvgIpc) is 2.57. The number of carbonyl (C=O) groups excluding carboxylic acids is 1. The second-order valence-electron chi connectivity index (χ2n) is 5.30. The Kier molecular flexibility index (Phi) is 6.49. The number of amides is 1. The van der Waals surface area contributed by atoms with Crippen molar-refractivity contribution >= 4 is 39.3 Å². The number of hydrogen-bond donors (Lipinski definition) is 1. The maximum Gasteiger partial charge on any atom is 0.219 e. The highest BCUT2D eigenvalue weighted by molar-refractivity contribution is 14.1. The lowest BCUT2D eigenvalue weighted by Crippen LogP contribution is -2.27. The Morgan fingerprint density at radius 1 is 1.23 bits per heavy atom. The standard InChI is InChI=1S/C18H22INO2/c1-3-18(21)20-12-16(8-9-19)14-4-5-15-11-17(22-2)7-6-13(15)10-14/h4-7,10-11,16H,3,8-9,12H2,1-2H3,(H,20,21). The van der Waals surface area contributed by atoms with Gasteiger partial charge in [-0.3, -0.25) is 4.79 Å². The molecule has 0 bridgehead atoms. The lowest BCUT2D eigenvalue weighted by molar-refractivity contribution is -0.120. The molecule has 0 aromatic heterocycles. The summed E-state index contributed by atoms with van der Waals surface area (Å²) in [6.07, 6.45) is 1.60. The molecule has 3 nitrogen and oxygen atoms in total. The van der Waals surface area contributed by atoms with Gasteiger partial charge in [-0.1, -0.05) is 53.8 Å². The number of hydrogen-bond acceptors (Lipinski definition) is 2. The van der Waals surface area contributed by atoms with E-state index in [-0.39, 0.29) is 5.91 Å². The van der Waals surface area contributed by atoms with Crippen LogP contribution in [-0.2, 0) is 4.79 Å². The molecule has 2 rings (SSSR count). The van der Waals surface area contributed by atoms with Gasteiger partial charge >= 0.3 is 0 Å². The van der Waals surface area contributed by atoms with Gasteiger partial charge in [0.2, 0.25) is 5.91 Å². The molecule has 22 heavy (non-hydrogen) atoms. The number of rotatable bonds is 7. The third kappa shape index (κ3) is 4.35. The van der Waals surface area contributed by atoms with E-state index in [9.17, 15) is 4.79 Å². The molecule has 0 aliphatic carbocycles. The molecule has 2 aromatic rings. The predicted molar refractivity (Wildman–Crippen MR) is 100 cm³/mol. The van der Waals surface area contributed by atoms with Gasteiger partial charge in [-0.25, -0.2) is 0 Å². The molecule has 0 fully saturated rings. The zero-order valence-electron chi connectivity index (χ0n) is 13.1. The van der Waals surface area contributed by atoms with Crippen molar-refractivity contribution in [1.29, 1.82) is 0 Å². The monoisotopic (exact) mass is 411 g/mol. The van der Waals surface area contributed by atoms with Crippen LogP contribution in [0.2, 0.25) is 0 Å². The zero-order chi connectivity index (χ0) is 15.9. The van der Waals surface area contributed by atoms with Crippen molar-refractivity contribution in [2.75, 3.05) is 18.1 Å². The molecule has 0 aliphatic heterocycles. The van der Waals surface area contributed by atoms with Gasteiger partial charge in [0.05, 0.1) is 7.11 Å². The fraction of sp³-hybridized carbons (Fsp3) is 0.389. The fourth-order valence-electron chi connectivity index (χ4n) is 2.50. The number of benzene rings is 2. The number of alkyl halides is 1. The molecule has 118 valence electrons. The summed E-state index contributed by atoms with van der Waals surface area (Å²) in [5, 5.41) is 5.40. The molecule has 0 spiro atoms. The van der Waals surface area contributed by atoms with E-state index in [2.05, 4.69) is 52.2 Å². The smallest absolute Gasteiger partial charge is 0.219 e. The molecular weight excluding hydrogens is 389 g/mol. The molecule has 2 aromatic carbocycles. The second-order valence-corrected chi connectivity index (χ2v) is 6.38. The molecular formula is C18H22INO2. The van der Waals surface area contributed by atoms with Crippen LogP contribution in [0, 0.1) is 0 Å². The van der Waals surface area contributed by atoms with Crippen LogP contribution in [0.3, 0.4) is 0 Å². The van der Waals surface area contributed by atoms with Crippen LogP contribution in [0.15, 0.2) is 36.4 Å². The van der Waals surface area contributed by atoms with Crippen molar-refractivity contribution in [3.63, 3.8) is 0 Å². The van der Waals surface area contributed by atoms with Gasteiger partial charge in [0.1, 0.15) is 5.75 Å². The zero-order valence-corrected chi connectivity index (χ0v) is 15.2. The van der Waals surface area contributed by atoms with E-state index >= 15 is 0 Å². The fourth-order valence-corrected chi connectivity index (χ4v) is 3.26. The highest BCUT2D eigenvalue weighted by Gasteiger charge is 2.13. The number of halogens is 1. The van der Waals surface area contributed by atoms with Crippen LogP contribution < -0.4 is 10.1 Å². The average molecular weight is 411 g/mol. The first-order valence-corrected chi connectivity index (χ1v) is 9.10. The Hall–Kier alpha value is -1.30. The Bertz CT molecular complexity index is 642. The van der Waals surface area contributed by atoms with Crippen molar-refractivity contribution in [2.45, 2.75) is 25.7 Å². The van der Waals surface area contributed by atoms with Gasteiger partial charge in [-0.05, 0) is 34.9 Å². The van der Waals surface area contributed by atoms with Gasteiger partial charge in [-0.15, -0.1) is 0 Å². The van der Waals surface area contributed by atoms with Crippen molar-refractivity contribution < 1.29 is 9.53 Å². The van der Waals surface area contributed by atoms with Crippen LogP contribution in [0.1, 0.15) is 31.2 Å². The minimum atomic E-state index is 0.115. The van der Waals surface area contributed by atoms with Gasteiger partial charge in [-0.2, -0.15) is 0 Å². The number of ether oxygens (including phenoxy) is 1. The lowest BCUT2D eigenvalue weighted by Gasteiger charge is -2.18. The first-order chi connectivity index (χ1) is 10.7. The van der Waals surface area contributed by atoms with Crippen LogP contribution in [0.25, 0.3) is 10.8 Å². The maximum absolute atomic E-state index is 11.5. The van der Waals surface area contributed by atoms with E-state index in [1.807, 2.05) is 19.1 Å². The Balaban J connectivity index is 2.23. The number of nitrogens with one attached hydrogen (secondary N) is 1. The van der Waals surface area contributed by atoms with Crippen LogP contribution in [-0.4, -0.2) is 24.0 Å². The van der Waals surface area contributed by atoms with Crippen molar-refractivity contribution in [3.05, 3.63) is 42.0 Å². The number of methoxy groups -OCH3 is 1. The Morgan fingerprint density at radius 3 is 2.64 bits per heavy atom. The van der Waals surface area contributed by atoms with Gasteiger partial charge in [0, 0.05) is 23.3 Å². The molecule has 1 atom stereocenters. The largest absolute Gasteiger partial charge is 0.497 e. The van der Waals surface area contributed by atoms with Crippen LogP contribution in [0.5, 0.6) is 5.75 Å². The first kappa shape index (κ1) is 17.1. The minimum Gasteiger partial charge on any atom is -0.497 e. The summed E-state index contributed by atoms with van der Waals surface area (Å²) in [4.78, 5) is 11.5. The second kappa shape index (κ2) is 8.36. The summed E-state index contributed by atoms with van der Waals surface area (Å²) in [5.74, 6) is 1.35. The Morgan fingerprint density at radius 2 is 1.95 bits per heavy atom. The molecule has 1 unspecified atom stereocenters. The topological polar surface area (TPSA) is 38.3 Å². The first-order valence-electron chi connectivity index (χ1n) is 7.58. The predicted octanol–water partition coefficient (Wildman–Crippen LogP) is 4.28. The molecule has 1 amide bonds. The molecule has 0 radical (unpaired) electrons. The number of fused-ring (bicyclic) bond motifs is 1. The summed E-state index contributed by atoms with van der Waals surface area (Å²) >= 11 is 2.39. The summed E-state index contributed by atoms with van der Waals surface area (Å²) in [5.41, 5.74) is 1.28. The van der Waals surface area contributed by atoms with Gasteiger partial charge in [0.15, 0.2) is 0 Å². The van der Waals surface area contributed by atoms with E-state index in [4.69, 9.17) is 4.74 Å². The van der Waals surface area contributed by atoms with Gasteiger partial charge in [0.25, 0.3) is 0 Å². The van der Waals surface area contributed by atoms with Crippen LogP contribution >= 0.6 is 22.6 Å². The quantitative estimate of drug-likeness (QED) is 0.546. The molecule has 1 N–H and O–H groups in total. The van der Waals surface area contributed by atoms with E-state index in [0.29, 0.717) is 18.9 Å². The summed E-state index contributed by atoms with van der Waals surface area (Å²) < 4.78 is 6.34. The van der Waals surface area contributed by atoms with Crippen molar-refractivity contribution in [2.24, 2.45) is 0 Å². The molecule has 4 heteroatoms. The summed E-state index contributed by atoms with van der Waals surface area (Å²) in [6.45, 7) is 2.59. The van der Waals surface area contributed by atoms with Crippen molar-refractivity contribution in [1.82, 2.24) is 5.32 Å².